The van der Waals surface area contributed by atoms with Crippen LogP contribution in [-0.2, 0) is 16.6 Å². The Bertz CT molecular complexity index is 541. The number of terminal acetylenes is 1. The number of rotatable bonds is 7. The summed E-state index contributed by atoms with van der Waals surface area (Å²) in [6.07, 6.45) is 5.20. The topological polar surface area (TPSA) is 49.4 Å². The monoisotopic (exact) mass is 300 g/mol. The van der Waals surface area contributed by atoms with E-state index in [9.17, 15) is 8.42 Å². The summed E-state index contributed by atoms with van der Waals surface area (Å²) in [7, 11) is -3.45. The highest BCUT2D eigenvalue weighted by molar-refractivity contribution is 7.91. The van der Waals surface area contributed by atoms with Crippen molar-refractivity contribution in [3.63, 3.8) is 0 Å². The summed E-state index contributed by atoms with van der Waals surface area (Å²) < 4.78 is 26.3. The molecule has 0 bridgehead atoms. The van der Waals surface area contributed by atoms with E-state index in [1.165, 1.54) is 15.6 Å². The minimum atomic E-state index is -3.45. The highest BCUT2D eigenvalue weighted by atomic mass is 32.2. The van der Waals surface area contributed by atoms with Crippen molar-refractivity contribution in [1.82, 2.24) is 9.62 Å². The summed E-state index contributed by atoms with van der Waals surface area (Å²) in [5, 5.41) is 3.26. The zero-order valence-corrected chi connectivity index (χ0v) is 13.1. The van der Waals surface area contributed by atoms with E-state index in [4.69, 9.17) is 6.42 Å². The first kappa shape index (κ1) is 16.2. The van der Waals surface area contributed by atoms with Gasteiger partial charge in [-0.1, -0.05) is 26.7 Å². The van der Waals surface area contributed by atoms with E-state index in [1.807, 2.05) is 6.07 Å². The molecule has 106 valence electrons. The van der Waals surface area contributed by atoms with Gasteiger partial charge in [0.1, 0.15) is 4.21 Å². The predicted molar refractivity (Wildman–Crippen MR) is 79.6 cm³/mol. The molecule has 1 heterocycles. The van der Waals surface area contributed by atoms with Crippen molar-refractivity contribution in [3.05, 3.63) is 17.0 Å². The van der Waals surface area contributed by atoms with Crippen LogP contribution in [-0.4, -0.2) is 31.9 Å². The first-order valence-electron chi connectivity index (χ1n) is 6.17. The number of sulfonamides is 1. The van der Waals surface area contributed by atoms with Crippen LogP contribution in [0.1, 0.15) is 25.6 Å². The van der Waals surface area contributed by atoms with Crippen LogP contribution < -0.4 is 5.32 Å². The largest absolute Gasteiger partial charge is 0.310 e. The number of hydrogen-bond acceptors (Lipinski definition) is 4. The first-order chi connectivity index (χ1) is 8.91. The Labute approximate surface area is 119 Å². The van der Waals surface area contributed by atoms with Crippen LogP contribution in [0.4, 0.5) is 0 Å². The molecule has 0 radical (unpaired) electrons. The Hall–Kier alpha value is -0.870. The molecule has 0 saturated carbocycles. The summed E-state index contributed by atoms with van der Waals surface area (Å²) in [5.41, 5.74) is 0. The Morgan fingerprint density at radius 1 is 1.47 bits per heavy atom. The number of hydrogen-bond donors (Lipinski definition) is 1. The summed E-state index contributed by atoms with van der Waals surface area (Å²) in [5.74, 6) is 2.38. The molecule has 0 amide bonds. The molecule has 1 rings (SSSR count). The maximum atomic E-state index is 12.3. The first-order valence-corrected chi connectivity index (χ1v) is 8.43. The fourth-order valence-corrected chi connectivity index (χ4v) is 4.32. The lowest BCUT2D eigenvalue weighted by atomic mass is 10.4. The molecular formula is C13H20N2O2S2. The van der Waals surface area contributed by atoms with Crippen molar-refractivity contribution in [2.24, 2.45) is 0 Å². The second kappa shape index (κ2) is 7.06. The maximum absolute atomic E-state index is 12.3. The lowest BCUT2D eigenvalue weighted by Gasteiger charge is -2.16. The second-order valence-electron chi connectivity index (χ2n) is 4.39. The van der Waals surface area contributed by atoms with Crippen LogP contribution in [0, 0.1) is 12.3 Å². The highest BCUT2D eigenvalue weighted by Gasteiger charge is 2.24. The van der Waals surface area contributed by atoms with E-state index in [0.717, 1.165) is 4.88 Å². The minimum absolute atomic E-state index is 0.107. The third kappa shape index (κ3) is 4.32. The smallest absolute Gasteiger partial charge is 0.253 e. The SMILES string of the molecule is C#CCN(CC)S(=O)(=O)c1ccc(CNC(C)C)s1. The van der Waals surface area contributed by atoms with Crippen LogP contribution in [0.3, 0.4) is 0 Å². The molecule has 1 aromatic heterocycles. The molecule has 0 aliphatic carbocycles. The van der Waals surface area contributed by atoms with Crippen LogP contribution in [0.5, 0.6) is 0 Å². The number of thiophene rings is 1. The normalized spacial score (nSPS) is 12.0. The zero-order valence-electron chi connectivity index (χ0n) is 11.5. The number of nitrogens with zero attached hydrogens (tertiary/aromatic N) is 1. The van der Waals surface area contributed by atoms with E-state index >= 15 is 0 Å². The van der Waals surface area contributed by atoms with Gasteiger partial charge in [0, 0.05) is 24.0 Å². The lowest BCUT2D eigenvalue weighted by molar-refractivity contribution is 0.466. The van der Waals surface area contributed by atoms with Gasteiger partial charge in [-0.25, -0.2) is 8.42 Å². The molecule has 0 spiro atoms. The zero-order chi connectivity index (χ0) is 14.5. The molecule has 0 saturated heterocycles. The van der Waals surface area contributed by atoms with Gasteiger partial charge in [-0.3, -0.25) is 0 Å². The molecule has 6 heteroatoms. The van der Waals surface area contributed by atoms with Gasteiger partial charge in [-0.2, -0.15) is 4.31 Å². The highest BCUT2D eigenvalue weighted by Crippen LogP contribution is 2.24. The molecule has 0 atom stereocenters. The number of nitrogens with one attached hydrogen (secondary N) is 1. The van der Waals surface area contributed by atoms with Crippen LogP contribution in [0.25, 0.3) is 0 Å². The maximum Gasteiger partial charge on any atom is 0.253 e. The average Bonchev–Trinajstić information content (AvgIpc) is 2.82. The molecule has 0 aromatic carbocycles. The molecule has 1 aromatic rings. The third-order valence-corrected chi connectivity index (χ3v) is 6.01. The van der Waals surface area contributed by atoms with Gasteiger partial charge in [-0.05, 0) is 12.1 Å². The summed E-state index contributed by atoms with van der Waals surface area (Å²) in [6.45, 7) is 7.05. The Morgan fingerprint density at radius 2 is 2.16 bits per heavy atom. The van der Waals surface area contributed by atoms with Gasteiger partial charge in [-0.15, -0.1) is 17.8 Å². The molecule has 0 aliphatic heterocycles. The molecule has 0 aliphatic rings. The van der Waals surface area contributed by atoms with Crippen LogP contribution >= 0.6 is 11.3 Å². The summed E-state index contributed by atoms with van der Waals surface area (Å²) >= 11 is 1.29. The van der Waals surface area contributed by atoms with E-state index in [1.54, 1.807) is 13.0 Å². The standard InChI is InChI=1S/C13H20N2O2S2/c1-5-9-15(6-2)19(16,17)13-8-7-12(18-13)10-14-11(3)4/h1,7-8,11,14H,6,9-10H2,2-4H3. The summed E-state index contributed by atoms with van der Waals surface area (Å²) in [4.78, 5) is 1.00. The van der Waals surface area contributed by atoms with Gasteiger partial charge < -0.3 is 5.32 Å². The molecule has 0 fully saturated rings. The Balaban J connectivity index is 2.88. The van der Waals surface area contributed by atoms with Crippen LogP contribution in [0.2, 0.25) is 0 Å². The van der Waals surface area contributed by atoms with Crippen molar-refractivity contribution in [3.8, 4) is 12.3 Å². The third-order valence-electron chi connectivity index (χ3n) is 2.54. The van der Waals surface area contributed by atoms with Crippen molar-refractivity contribution in [2.45, 2.75) is 37.6 Å². The van der Waals surface area contributed by atoms with E-state index < -0.39 is 10.0 Å². The van der Waals surface area contributed by atoms with E-state index in [2.05, 4.69) is 25.1 Å². The minimum Gasteiger partial charge on any atom is -0.310 e. The van der Waals surface area contributed by atoms with Gasteiger partial charge >= 0.3 is 0 Å². The van der Waals surface area contributed by atoms with Crippen molar-refractivity contribution < 1.29 is 8.42 Å². The molecule has 4 nitrogen and oxygen atoms in total. The van der Waals surface area contributed by atoms with E-state index in [0.29, 0.717) is 23.3 Å². The van der Waals surface area contributed by atoms with Gasteiger partial charge in [0.15, 0.2) is 0 Å². The van der Waals surface area contributed by atoms with Crippen molar-refractivity contribution >= 4 is 21.4 Å². The summed E-state index contributed by atoms with van der Waals surface area (Å²) in [6, 6.07) is 3.86. The average molecular weight is 300 g/mol. The Morgan fingerprint density at radius 3 is 2.68 bits per heavy atom. The van der Waals surface area contributed by atoms with E-state index in [-0.39, 0.29) is 6.54 Å². The lowest BCUT2D eigenvalue weighted by Crippen LogP contribution is -2.30. The Kier molecular flexibility index (Phi) is 6.01. The van der Waals surface area contributed by atoms with Crippen molar-refractivity contribution in [2.75, 3.05) is 13.1 Å². The quantitative estimate of drug-likeness (QED) is 0.782. The second-order valence-corrected chi connectivity index (χ2v) is 7.72. The van der Waals surface area contributed by atoms with Gasteiger partial charge in [0.2, 0.25) is 0 Å². The molecular weight excluding hydrogens is 280 g/mol. The van der Waals surface area contributed by atoms with Crippen molar-refractivity contribution in [1.29, 1.82) is 0 Å². The molecule has 1 N–H and O–H groups in total. The molecule has 0 unspecified atom stereocenters. The van der Waals surface area contributed by atoms with Gasteiger partial charge in [0.25, 0.3) is 10.0 Å². The predicted octanol–water partition coefficient (Wildman–Crippen LogP) is 1.89. The fraction of sp³-hybridized carbons (Fsp3) is 0.538. The fourth-order valence-electron chi connectivity index (χ4n) is 1.49. The molecule has 19 heavy (non-hydrogen) atoms. The van der Waals surface area contributed by atoms with Gasteiger partial charge in [0.05, 0.1) is 6.54 Å². The van der Waals surface area contributed by atoms with Crippen LogP contribution in [0.15, 0.2) is 16.3 Å².